The first-order chi connectivity index (χ1) is 7.97. The molecule has 1 heterocycles. The molecule has 102 valence electrons. The second kappa shape index (κ2) is 6.68. The molecule has 1 aliphatic heterocycles. The largest absolute Gasteiger partial charge is 0.320 e. The van der Waals surface area contributed by atoms with E-state index < -0.39 is 10.0 Å². The van der Waals surface area contributed by atoms with E-state index in [0.29, 0.717) is 19.1 Å². The number of hydrogen-bond acceptors (Lipinski definition) is 4. The van der Waals surface area contributed by atoms with Gasteiger partial charge in [0, 0.05) is 25.7 Å². The van der Waals surface area contributed by atoms with Gasteiger partial charge in [-0.05, 0) is 40.4 Å². The quantitative estimate of drug-likeness (QED) is 0.683. The molecule has 1 N–H and O–H groups in total. The fraction of sp³-hybridized carbons (Fsp3) is 1.00. The van der Waals surface area contributed by atoms with Crippen LogP contribution in [0.3, 0.4) is 0 Å². The number of unbranched alkanes of at least 4 members (excludes halogenated alkanes) is 1. The number of piperazine rings is 1. The Morgan fingerprint density at radius 2 is 2.00 bits per heavy atom. The van der Waals surface area contributed by atoms with Crippen LogP contribution in [0.15, 0.2) is 0 Å². The minimum absolute atomic E-state index is 0.283. The summed E-state index contributed by atoms with van der Waals surface area (Å²) in [5.74, 6) is 0.283. The van der Waals surface area contributed by atoms with Gasteiger partial charge in [-0.1, -0.05) is 0 Å². The van der Waals surface area contributed by atoms with E-state index in [2.05, 4.69) is 17.1 Å². The van der Waals surface area contributed by atoms with Gasteiger partial charge < -0.3 is 10.2 Å². The zero-order chi connectivity index (χ0) is 12.9. The summed E-state index contributed by atoms with van der Waals surface area (Å²) in [4.78, 5) is 2.20. The Morgan fingerprint density at radius 1 is 1.29 bits per heavy atom. The highest BCUT2D eigenvalue weighted by Gasteiger charge is 2.28. The third kappa shape index (κ3) is 4.54. The number of rotatable bonds is 6. The van der Waals surface area contributed by atoms with Gasteiger partial charge in [-0.25, -0.2) is 8.42 Å². The number of nitrogens with zero attached hydrogens (tertiary/aromatic N) is 2. The lowest BCUT2D eigenvalue weighted by Gasteiger charge is -2.36. The van der Waals surface area contributed by atoms with E-state index in [-0.39, 0.29) is 5.75 Å². The predicted octanol–water partition coefficient (Wildman–Crippen LogP) is -0.0483. The van der Waals surface area contributed by atoms with Gasteiger partial charge in [0.15, 0.2) is 0 Å². The van der Waals surface area contributed by atoms with Gasteiger partial charge in [0.25, 0.3) is 0 Å². The lowest BCUT2D eigenvalue weighted by molar-refractivity contribution is 0.159. The molecule has 0 amide bonds. The van der Waals surface area contributed by atoms with Gasteiger partial charge in [-0.2, -0.15) is 4.31 Å². The van der Waals surface area contributed by atoms with Crippen molar-refractivity contribution in [2.45, 2.75) is 25.8 Å². The molecule has 0 aromatic rings. The van der Waals surface area contributed by atoms with Crippen LogP contribution in [0.5, 0.6) is 0 Å². The van der Waals surface area contributed by atoms with E-state index in [9.17, 15) is 8.42 Å². The van der Waals surface area contributed by atoms with E-state index in [0.717, 1.165) is 25.9 Å². The Morgan fingerprint density at radius 3 is 2.59 bits per heavy atom. The molecule has 0 radical (unpaired) electrons. The monoisotopic (exact) mass is 263 g/mol. The van der Waals surface area contributed by atoms with E-state index in [1.54, 1.807) is 4.31 Å². The van der Waals surface area contributed by atoms with Gasteiger partial charge in [0.2, 0.25) is 10.0 Å². The van der Waals surface area contributed by atoms with Crippen molar-refractivity contribution in [3.8, 4) is 0 Å². The highest BCUT2D eigenvalue weighted by molar-refractivity contribution is 7.89. The summed E-state index contributed by atoms with van der Waals surface area (Å²) in [7, 11) is 0.888. The van der Waals surface area contributed by atoms with Crippen LogP contribution in [0.2, 0.25) is 0 Å². The van der Waals surface area contributed by atoms with Gasteiger partial charge in [-0.15, -0.1) is 0 Å². The van der Waals surface area contributed by atoms with E-state index in [4.69, 9.17) is 0 Å². The molecule has 0 saturated carbocycles. The molecular weight excluding hydrogens is 238 g/mol. The predicted molar refractivity (Wildman–Crippen MR) is 70.6 cm³/mol. The Kier molecular flexibility index (Phi) is 5.85. The molecule has 0 aliphatic carbocycles. The lowest BCUT2D eigenvalue weighted by Crippen LogP contribution is -2.52. The van der Waals surface area contributed by atoms with Crippen molar-refractivity contribution in [2.75, 3.05) is 46.0 Å². The van der Waals surface area contributed by atoms with E-state index in [1.165, 1.54) is 0 Å². The van der Waals surface area contributed by atoms with Crippen LogP contribution in [0.4, 0.5) is 0 Å². The molecule has 1 saturated heterocycles. The molecule has 1 fully saturated rings. The molecule has 0 bridgehead atoms. The molecule has 1 aliphatic rings. The average molecular weight is 263 g/mol. The molecule has 17 heavy (non-hydrogen) atoms. The fourth-order valence-electron chi connectivity index (χ4n) is 1.98. The van der Waals surface area contributed by atoms with Gasteiger partial charge in [0.05, 0.1) is 5.75 Å². The first-order valence-corrected chi connectivity index (χ1v) is 7.91. The molecule has 5 nitrogen and oxygen atoms in total. The third-order valence-electron chi connectivity index (χ3n) is 3.39. The molecular formula is C11H25N3O2S. The first-order valence-electron chi connectivity index (χ1n) is 6.30. The van der Waals surface area contributed by atoms with E-state index >= 15 is 0 Å². The number of hydrogen-bond donors (Lipinski definition) is 1. The minimum atomic E-state index is -3.04. The molecule has 6 heteroatoms. The maximum atomic E-state index is 12.1. The second-order valence-corrected chi connectivity index (χ2v) is 6.90. The maximum absolute atomic E-state index is 12.1. The number of sulfonamides is 1. The van der Waals surface area contributed by atoms with Gasteiger partial charge in [0.1, 0.15) is 0 Å². The van der Waals surface area contributed by atoms with Crippen LogP contribution in [-0.4, -0.2) is 69.7 Å². The SMILES string of the molecule is CNCCCCS(=O)(=O)N1CCN(C)C(C)C1. The molecule has 0 spiro atoms. The Labute approximate surface area is 105 Å². The summed E-state index contributed by atoms with van der Waals surface area (Å²) in [6.45, 7) is 5.05. The van der Waals surface area contributed by atoms with Crippen LogP contribution < -0.4 is 5.32 Å². The van der Waals surface area contributed by atoms with Crippen LogP contribution in [0.1, 0.15) is 19.8 Å². The Balaban J connectivity index is 2.42. The smallest absolute Gasteiger partial charge is 0.214 e. The third-order valence-corrected chi connectivity index (χ3v) is 5.32. The van der Waals surface area contributed by atoms with Crippen LogP contribution in [-0.2, 0) is 10.0 Å². The number of nitrogens with one attached hydrogen (secondary N) is 1. The van der Waals surface area contributed by atoms with Gasteiger partial charge >= 0.3 is 0 Å². The summed E-state index contributed by atoms with van der Waals surface area (Å²) in [5, 5.41) is 3.03. The van der Waals surface area contributed by atoms with Gasteiger partial charge in [-0.3, -0.25) is 0 Å². The van der Waals surface area contributed by atoms with Crippen LogP contribution in [0.25, 0.3) is 0 Å². The summed E-state index contributed by atoms with van der Waals surface area (Å²) in [6.07, 6.45) is 1.66. The Hall–Kier alpha value is -0.170. The van der Waals surface area contributed by atoms with Crippen molar-refractivity contribution < 1.29 is 8.42 Å². The van der Waals surface area contributed by atoms with Crippen LogP contribution in [0, 0.1) is 0 Å². The fourth-order valence-corrected chi connectivity index (χ4v) is 3.61. The average Bonchev–Trinajstić information content (AvgIpc) is 2.28. The second-order valence-electron chi connectivity index (χ2n) is 4.81. The summed E-state index contributed by atoms with van der Waals surface area (Å²) in [6, 6.07) is 0.316. The highest BCUT2D eigenvalue weighted by atomic mass is 32.2. The zero-order valence-electron chi connectivity index (χ0n) is 11.1. The minimum Gasteiger partial charge on any atom is -0.320 e. The van der Waals surface area contributed by atoms with Crippen molar-refractivity contribution >= 4 is 10.0 Å². The summed E-state index contributed by atoms with van der Waals surface area (Å²) >= 11 is 0. The van der Waals surface area contributed by atoms with Crippen molar-refractivity contribution in [2.24, 2.45) is 0 Å². The summed E-state index contributed by atoms with van der Waals surface area (Å²) < 4.78 is 25.8. The van der Waals surface area contributed by atoms with Crippen molar-refractivity contribution in [3.63, 3.8) is 0 Å². The molecule has 1 atom stereocenters. The number of likely N-dealkylation sites (N-methyl/N-ethyl adjacent to an activating group) is 1. The Bertz CT molecular complexity index is 319. The molecule has 0 aromatic carbocycles. The standard InChI is InChI=1S/C11H25N3O2S/c1-11-10-14(8-7-13(11)3)17(15,16)9-5-4-6-12-2/h11-12H,4-10H2,1-3H3. The lowest BCUT2D eigenvalue weighted by atomic mass is 10.2. The van der Waals surface area contributed by atoms with Crippen molar-refractivity contribution in [1.82, 2.24) is 14.5 Å². The molecule has 1 unspecified atom stereocenters. The first kappa shape index (κ1) is 14.9. The molecule has 1 rings (SSSR count). The zero-order valence-corrected chi connectivity index (χ0v) is 12.0. The molecule has 0 aromatic heterocycles. The topological polar surface area (TPSA) is 52.7 Å². The highest BCUT2D eigenvalue weighted by Crippen LogP contribution is 2.12. The van der Waals surface area contributed by atoms with Crippen molar-refractivity contribution in [1.29, 1.82) is 0 Å². The normalized spacial score (nSPS) is 24.1. The van der Waals surface area contributed by atoms with Crippen LogP contribution >= 0.6 is 0 Å². The summed E-state index contributed by atoms with van der Waals surface area (Å²) in [5.41, 5.74) is 0. The van der Waals surface area contributed by atoms with E-state index in [1.807, 2.05) is 14.1 Å². The van der Waals surface area contributed by atoms with Crippen molar-refractivity contribution in [3.05, 3.63) is 0 Å². The maximum Gasteiger partial charge on any atom is 0.214 e.